The third-order valence-corrected chi connectivity index (χ3v) is 4.08. The highest BCUT2D eigenvalue weighted by atomic mass is 35.5. The molecule has 2 rings (SSSR count). The maximum absolute atomic E-state index is 12.3. The molecule has 2 amide bonds. The number of hydrogen-bond donors (Lipinski definition) is 2. The SMILES string of the molecule is CC(O)CCN(C)C(=O)NC1CCCOc2c(Cl)cccc21. The number of carbonyl (C=O) groups is 1. The van der Waals surface area contributed by atoms with Gasteiger partial charge in [0.25, 0.3) is 0 Å². The van der Waals surface area contributed by atoms with Gasteiger partial charge in [0.1, 0.15) is 5.75 Å². The van der Waals surface area contributed by atoms with Crippen molar-refractivity contribution < 1.29 is 14.6 Å². The summed E-state index contributed by atoms with van der Waals surface area (Å²) in [5, 5.41) is 12.9. The lowest BCUT2D eigenvalue weighted by Gasteiger charge is -2.24. The first kappa shape index (κ1) is 16.9. The molecule has 1 aliphatic heterocycles. The standard InChI is InChI=1S/C16H23ClN2O3/c1-11(20)8-9-19(2)16(21)18-14-7-4-10-22-15-12(14)5-3-6-13(15)17/h3,5-6,11,14,20H,4,7-10H2,1-2H3,(H,18,21). The molecule has 0 radical (unpaired) electrons. The van der Waals surface area contributed by atoms with E-state index in [-0.39, 0.29) is 12.1 Å². The topological polar surface area (TPSA) is 61.8 Å². The first-order chi connectivity index (χ1) is 10.5. The monoisotopic (exact) mass is 326 g/mol. The Morgan fingerprint density at radius 3 is 3.09 bits per heavy atom. The fraction of sp³-hybridized carbons (Fsp3) is 0.562. The highest BCUT2D eigenvalue weighted by Gasteiger charge is 2.24. The lowest BCUT2D eigenvalue weighted by Crippen LogP contribution is -2.40. The summed E-state index contributed by atoms with van der Waals surface area (Å²) in [5.41, 5.74) is 0.919. The Morgan fingerprint density at radius 1 is 1.59 bits per heavy atom. The number of rotatable bonds is 4. The molecule has 22 heavy (non-hydrogen) atoms. The first-order valence-corrected chi connectivity index (χ1v) is 7.97. The van der Waals surface area contributed by atoms with Crippen molar-refractivity contribution in [2.45, 2.75) is 38.3 Å². The molecule has 0 fully saturated rings. The number of nitrogens with zero attached hydrogens (tertiary/aromatic N) is 1. The van der Waals surface area contributed by atoms with Gasteiger partial charge in [-0.2, -0.15) is 0 Å². The predicted octanol–water partition coefficient (Wildman–Crippen LogP) is 2.97. The molecular formula is C16H23ClN2O3. The molecule has 6 heteroatoms. The number of halogens is 1. The summed E-state index contributed by atoms with van der Waals surface area (Å²) in [6, 6.07) is 5.33. The van der Waals surface area contributed by atoms with Crippen LogP contribution in [0.4, 0.5) is 4.79 Å². The Bertz CT molecular complexity index is 522. The molecule has 0 aliphatic carbocycles. The number of aliphatic hydroxyl groups excluding tert-OH is 1. The Balaban J connectivity index is 2.06. The fourth-order valence-electron chi connectivity index (χ4n) is 2.46. The summed E-state index contributed by atoms with van der Waals surface area (Å²) in [4.78, 5) is 13.9. The highest BCUT2D eigenvalue weighted by Crippen LogP contribution is 2.36. The van der Waals surface area contributed by atoms with Crippen LogP contribution < -0.4 is 10.1 Å². The van der Waals surface area contributed by atoms with Crippen LogP contribution in [0, 0.1) is 0 Å². The van der Waals surface area contributed by atoms with Gasteiger partial charge in [-0.3, -0.25) is 0 Å². The average molecular weight is 327 g/mol. The molecule has 0 saturated carbocycles. The Kier molecular flexibility index (Phi) is 5.91. The van der Waals surface area contributed by atoms with Gasteiger partial charge in [-0.15, -0.1) is 0 Å². The molecule has 2 unspecified atom stereocenters. The Hall–Kier alpha value is -1.46. The van der Waals surface area contributed by atoms with Crippen LogP contribution in [-0.4, -0.2) is 42.3 Å². The van der Waals surface area contributed by atoms with E-state index < -0.39 is 6.10 Å². The minimum absolute atomic E-state index is 0.113. The number of aliphatic hydroxyl groups is 1. The molecule has 1 heterocycles. The number of fused-ring (bicyclic) bond motifs is 1. The van der Waals surface area contributed by atoms with Crippen molar-refractivity contribution in [1.29, 1.82) is 0 Å². The number of carbonyl (C=O) groups excluding carboxylic acids is 1. The summed E-state index contributed by atoms with van der Waals surface area (Å²) >= 11 is 6.19. The Morgan fingerprint density at radius 2 is 2.36 bits per heavy atom. The van der Waals surface area contributed by atoms with E-state index in [4.69, 9.17) is 16.3 Å². The van der Waals surface area contributed by atoms with Crippen molar-refractivity contribution in [2.75, 3.05) is 20.2 Å². The normalized spacial score (nSPS) is 18.6. The van der Waals surface area contributed by atoms with Crippen LogP contribution in [0.25, 0.3) is 0 Å². The van der Waals surface area contributed by atoms with Crippen molar-refractivity contribution in [1.82, 2.24) is 10.2 Å². The molecule has 1 aromatic rings. The molecule has 2 N–H and O–H groups in total. The van der Waals surface area contributed by atoms with E-state index in [1.54, 1.807) is 24.9 Å². The number of ether oxygens (including phenoxy) is 1. The predicted molar refractivity (Wildman–Crippen MR) is 86.4 cm³/mol. The van der Waals surface area contributed by atoms with Gasteiger partial charge in [-0.25, -0.2) is 4.79 Å². The van der Waals surface area contributed by atoms with Crippen LogP contribution in [0.1, 0.15) is 37.8 Å². The number of urea groups is 1. The van der Waals surface area contributed by atoms with Gasteiger partial charge in [0, 0.05) is 19.2 Å². The van der Waals surface area contributed by atoms with Gasteiger partial charge in [0.15, 0.2) is 0 Å². The largest absolute Gasteiger partial charge is 0.492 e. The minimum atomic E-state index is -0.416. The average Bonchev–Trinajstić information content (AvgIpc) is 2.68. The molecule has 122 valence electrons. The van der Waals surface area contributed by atoms with Crippen molar-refractivity contribution in [3.05, 3.63) is 28.8 Å². The molecule has 1 aromatic carbocycles. The van der Waals surface area contributed by atoms with Gasteiger partial charge in [-0.1, -0.05) is 23.7 Å². The fourth-order valence-corrected chi connectivity index (χ4v) is 2.70. The van der Waals surface area contributed by atoms with Crippen molar-refractivity contribution in [3.8, 4) is 5.75 Å². The molecule has 5 nitrogen and oxygen atoms in total. The summed E-state index contributed by atoms with van der Waals surface area (Å²) in [6.45, 7) is 2.82. The maximum Gasteiger partial charge on any atom is 0.317 e. The summed E-state index contributed by atoms with van der Waals surface area (Å²) in [5.74, 6) is 0.665. The van der Waals surface area contributed by atoms with E-state index >= 15 is 0 Å². The van der Waals surface area contributed by atoms with E-state index in [0.717, 1.165) is 18.4 Å². The summed E-state index contributed by atoms with van der Waals surface area (Å²) in [7, 11) is 1.73. The van der Waals surface area contributed by atoms with Gasteiger partial charge < -0.3 is 20.1 Å². The quantitative estimate of drug-likeness (QED) is 0.894. The zero-order chi connectivity index (χ0) is 16.1. The van der Waals surface area contributed by atoms with Crippen LogP contribution in [0.3, 0.4) is 0 Å². The van der Waals surface area contributed by atoms with E-state index in [2.05, 4.69) is 5.32 Å². The van der Waals surface area contributed by atoms with Crippen LogP contribution in [0.5, 0.6) is 5.75 Å². The van der Waals surface area contributed by atoms with Crippen LogP contribution in [0.2, 0.25) is 5.02 Å². The molecule has 0 spiro atoms. The van der Waals surface area contributed by atoms with E-state index in [1.165, 1.54) is 0 Å². The summed E-state index contributed by atoms with van der Waals surface area (Å²) in [6.07, 6.45) is 1.80. The van der Waals surface area contributed by atoms with Crippen molar-refractivity contribution in [2.24, 2.45) is 0 Å². The second kappa shape index (κ2) is 7.70. The van der Waals surface area contributed by atoms with E-state index in [1.807, 2.05) is 12.1 Å². The number of amides is 2. The second-order valence-electron chi connectivity index (χ2n) is 5.71. The van der Waals surface area contributed by atoms with Gasteiger partial charge in [0.05, 0.1) is 23.8 Å². The van der Waals surface area contributed by atoms with Crippen LogP contribution in [-0.2, 0) is 0 Å². The number of para-hydroxylation sites is 1. The number of hydrogen-bond acceptors (Lipinski definition) is 3. The van der Waals surface area contributed by atoms with Crippen molar-refractivity contribution >= 4 is 17.6 Å². The second-order valence-corrected chi connectivity index (χ2v) is 6.12. The molecule has 0 saturated heterocycles. The molecular weight excluding hydrogens is 304 g/mol. The summed E-state index contributed by atoms with van der Waals surface area (Å²) < 4.78 is 5.70. The third-order valence-electron chi connectivity index (χ3n) is 3.78. The maximum atomic E-state index is 12.3. The number of benzene rings is 1. The lowest BCUT2D eigenvalue weighted by molar-refractivity contribution is 0.162. The highest BCUT2D eigenvalue weighted by molar-refractivity contribution is 6.32. The van der Waals surface area contributed by atoms with E-state index in [0.29, 0.717) is 30.3 Å². The van der Waals surface area contributed by atoms with E-state index in [9.17, 15) is 9.90 Å². The molecule has 1 aliphatic rings. The third kappa shape index (κ3) is 4.27. The molecule has 0 bridgehead atoms. The smallest absolute Gasteiger partial charge is 0.317 e. The molecule has 0 aromatic heterocycles. The molecule has 2 atom stereocenters. The zero-order valence-electron chi connectivity index (χ0n) is 13.0. The van der Waals surface area contributed by atoms with Gasteiger partial charge in [-0.05, 0) is 32.3 Å². The van der Waals surface area contributed by atoms with Crippen molar-refractivity contribution in [3.63, 3.8) is 0 Å². The first-order valence-electron chi connectivity index (χ1n) is 7.60. The minimum Gasteiger partial charge on any atom is -0.492 e. The van der Waals surface area contributed by atoms with Crippen LogP contribution >= 0.6 is 11.6 Å². The van der Waals surface area contributed by atoms with Crippen LogP contribution in [0.15, 0.2) is 18.2 Å². The lowest BCUT2D eigenvalue weighted by atomic mass is 10.0. The Labute approximate surface area is 136 Å². The van der Waals surface area contributed by atoms with Gasteiger partial charge >= 0.3 is 6.03 Å². The number of nitrogens with one attached hydrogen (secondary N) is 1. The van der Waals surface area contributed by atoms with Gasteiger partial charge in [0.2, 0.25) is 0 Å². The zero-order valence-corrected chi connectivity index (χ0v) is 13.8.